The van der Waals surface area contributed by atoms with Crippen LogP contribution in [0.4, 0.5) is 5.69 Å². The molecule has 1 aromatic carbocycles. The summed E-state index contributed by atoms with van der Waals surface area (Å²) in [7, 11) is 0. The van der Waals surface area contributed by atoms with Gasteiger partial charge in [0.05, 0.1) is 5.69 Å². The molecule has 3 rings (SSSR count). The Morgan fingerprint density at radius 1 is 1.36 bits per heavy atom. The fourth-order valence-electron chi connectivity index (χ4n) is 2.43. The van der Waals surface area contributed by atoms with E-state index in [1.165, 1.54) is 0 Å². The summed E-state index contributed by atoms with van der Waals surface area (Å²) in [5.41, 5.74) is 7.61. The van der Waals surface area contributed by atoms with E-state index in [2.05, 4.69) is 10.3 Å². The van der Waals surface area contributed by atoms with Crippen LogP contribution in [0.15, 0.2) is 34.9 Å². The highest BCUT2D eigenvalue weighted by molar-refractivity contribution is 5.98. The lowest BCUT2D eigenvalue weighted by molar-refractivity contribution is -0.124. The zero-order valence-corrected chi connectivity index (χ0v) is 12.5. The summed E-state index contributed by atoms with van der Waals surface area (Å²) in [4.78, 5) is 16.7. The molecule has 2 aromatic rings. The number of rotatable bonds is 3. The fourth-order valence-corrected chi connectivity index (χ4v) is 2.43. The van der Waals surface area contributed by atoms with Crippen molar-refractivity contribution >= 4 is 11.6 Å². The third-order valence-electron chi connectivity index (χ3n) is 3.82. The Morgan fingerprint density at radius 2 is 2.14 bits per heavy atom. The topological polar surface area (TPSA) is 90.4 Å². The van der Waals surface area contributed by atoms with E-state index < -0.39 is 5.54 Å². The molecule has 0 spiro atoms. The Kier molecular flexibility index (Phi) is 3.96. The van der Waals surface area contributed by atoms with E-state index in [-0.39, 0.29) is 5.91 Å². The highest BCUT2D eigenvalue weighted by Crippen LogP contribution is 2.24. The lowest BCUT2D eigenvalue weighted by Gasteiger charge is -2.31. The summed E-state index contributed by atoms with van der Waals surface area (Å²) in [6.07, 6.45) is 2.65. The minimum atomic E-state index is -0.867. The molecule has 6 nitrogen and oxygen atoms in total. The number of carbonyl (C=O) groups excluding carboxylic acids is 1. The van der Waals surface area contributed by atoms with Gasteiger partial charge in [-0.3, -0.25) is 4.79 Å². The maximum absolute atomic E-state index is 12.4. The molecule has 0 atom stereocenters. The van der Waals surface area contributed by atoms with Crippen molar-refractivity contribution in [2.24, 2.45) is 5.73 Å². The van der Waals surface area contributed by atoms with Gasteiger partial charge in [-0.15, -0.1) is 0 Å². The molecule has 1 amide bonds. The van der Waals surface area contributed by atoms with Crippen molar-refractivity contribution in [3.05, 3.63) is 36.2 Å². The summed E-state index contributed by atoms with van der Waals surface area (Å²) in [6, 6.07) is 7.37. The molecule has 2 heterocycles. The van der Waals surface area contributed by atoms with E-state index in [4.69, 9.17) is 14.9 Å². The number of anilines is 1. The summed E-state index contributed by atoms with van der Waals surface area (Å²) in [5, 5.41) is 2.88. The lowest BCUT2D eigenvalue weighted by atomic mass is 9.90. The van der Waals surface area contributed by atoms with Gasteiger partial charge >= 0.3 is 0 Å². The van der Waals surface area contributed by atoms with Crippen LogP contribution < -0.4 is 11.1 Å². The highest BCUT2D eigenvalue weighted by Gasteiger charge is 2.35. The zero-order valence-electron chi connectivity index (χ0n) is 12.5. The van der Waals surface area contributed by atoms with Gasteiger partial charge in [0.2, 0.25) is 11.8 Å². The molecule has 0 saturated carbocycles. The van der Waals surface area contributed by atoms with Gasteiger partial charge in [0, 0.05) is 24.5 Å². The van der Waals surface area contributed by atoms with Crippen LogP contribution in [0.1, 0.15) is 18.5 Å². The second-order valence-electron chi connectivity index (χ2n) is 5.60. The lowest BCUT2D eigenvalue weighted by Crippen LogP contribution is -2.54. The van der Waals surface area contributed by atoms with Crippen LogP contribution in [0, 0.1) is 6.92 Å². The number of ether oxygens (including phenoxy) is 1. The van der Waals surface area contributed by atoms with E-state index in [9.17, 15) is 4.79 Å². The summed E-state index contributed by atoms with van der Waals surface area (Å²) in [6.45, 7) is 2.89. The number of carbonyl (C=O) groups is 1. The Labute approximate surface area is 128 Å². The van der Waals surface area contributed by atoms with E-state index >= 15 is 0 Å². The first kappa shape index (κ1) is 14.7. The van der Waals surface area contributed by atoms with Crippen LogP contribution in [0.25, 0.3) is 11.5 Å². The van der Waals surface area contributed by atoms with Crippen molar-refractivity contribution in [2.45, 2.75) is 25.3 Å². The molecule has 3 N–H and O–H groups in total. The summed E-state index contributed by atoms with van der Waals surface area (Å²) >= 11 is 0. The Morgan fingerprint density at radius 3 is 2.82 bits per heavy atom. The van der Waals surface area contributed by atoms with Crippen LogP contribution in [-0.2, 0) is 9.53 Å². The molecule has 22 heavy (non-hydrogen) atoms. The van der Waals surface area contributed by atoms with Crippen molar-refractivity contribution in [1.29, 1.82) is 0 Å². The van der Waals surface area contributed by atoms with Crippen molar-refractivity contribution in [3.63, 3.8) is 0 Å². The number of amides is 1. The van der Waals surface area contributed by atoms with E-state index in [0.29, 0.717) is 37.6 Å². The van der Waals surface area contributed by atoms with Crippen LogP contribution >= 0.6 is 0 Å². The quantitative estimate of drug-likeness (QED) is 0.906. The van der Waals surface area contributed by atoms with Gasteiger partial charge in [0.1, 0.15) is 11.8 Å². The standard InChI is InChI=1S/C16H19N3O3/c1-11-10-22-14(18-11)12-3-2-4-13(9-12)19-15(20)16(17)5-7-21-8-6-16/h2-4,9-10H,5-8,17H2,1H3,(H,19,20). The summed E-state index contributed by atoms with van der Waals surface area (Å²) in [5.74, 6) is 0.346. The number of nitrogens with zero attached hydrogens (tertiary/aromatic N) is 1. The van der Waals surface area contributed by atoms with Crippen molar-refractivity contribution in [2.75, 3.05) is 18.5 Å². The first-order valence-electron chi connectivity index (χ1n) is 7.27. The normalized spacial score (nSPS) is 17.2. The Hall–Kier alpha value is -2.18. The predicted molar refractivity (Wildman–Crippen MR) is 82.3 cm³/mol. The third-order valence-corrected chi connectivity index (χ3v) is 3.82. The number of aromatic nitrogens is 1. The molecule has 1 aromatic heterocycles. The van der Waals surface area contributed by atoms with Gasteiger partial charge in [-0.25, -0.2) is 4.98 Å². The SMILES string of the molecule is Cc1coc(-c2cccc(NC(=O)C3(N)CCOCC3)c2)n1. The Bertz CT molecular complexity index is 675. The molecule has 6 heteroatoms. The van der Waals surface area contributed by atoms with Gasteiger partial charge in [-0.2, -0.15) is 0 Å². The minimum Gasteiger partial charge on any atom is -0.444 e. The Balaban J connectivity index is 1.76. The first-order chi connectivity index (χ1) is 10.6. The predicted octanol–water partition coefficient (Wildman–Crippen LogP) is 2.10. The number of hydrogen-bond acceptors (Lipinski definition) is 5. The van der Waals surface area contributed by atoms with Gasteiger partial charge in [0.25, 0.3) is 0 Å². The monoisotopic (exact) mass is 301 g/mol. The van der Waals surface area contributed by atoms with Gasteiger partial charge in [-0.1, -0.05) is 6.07 Å². The number of nitrogens with two attached hydrogens (primary N) is 1. The molecule has 0 bridgehead atoms. The molecule has 1 aliphatic rings. The van der Waals surface area contributed by atoms with E-state index in [0.717, 1.165) is 11.3 Å². The molecule has 0 aliphatic carbocycles. The van der Waals surface area contributed by atoms with Crippen LogP contribution in [-0.4, -0.2) is 29.6 Å². The number of hydrogen-bond donors (Lipinski definition) is 2. The number of benzene rings is 1. The van der Waals surface area contributed by atoms with Crippen molar-refractivity contribution < 1.29 is 13.9 Å². The van der Waals surface area contributed by atoms with Gasteiger partial charge in [-0.05, 0) is 38.0 Å². The van der Waals surface area contributed by atoms with Gasteiger partial charge in [0.15, 0.2) is 0 Å². The van der Waals surface area contributed by atoms with Crippen LogP contribution in [0.5, 0.6) is 0 Å². The average Bonchev–Trinajstić information content (AvgIpc) is 2.95. The fraction of sp³-hybridized carbons (Fsp3) is 0.375. The molecule has 1 saturated heterocycles. The first-order valence-corrected chi connectivity index (χ1v) is 7.27. The second-order valence-corrected chi connectivity index (χ2v) is 5.60. The largest absolute Gasteiger partial charge is 0.444 e. The van der Waals surface area contributed by atoms with E-state index in [1.807, 2.05) is 31.2 Å². The summed E-state index contributed by atoms with van der Waals surface area (Å²) < 4.78 is 10.6. The number of aryl methyl sites for hydroxylation is 1. The molecule has 1 fully saturated rings. The third kappa shape index (κ3) is 3.03. The highest BCUT2D eigenvalue weighted by atomic mass is 16.5. The molecule has 116 valence electrons. The second kappa shape index (κ2) is 5.90. The van der Waals surface area contributed by atoms with E-state index in [1.54, 1.807) is 6.26 Å². The van der Waals surface area contributed by atoms with Gasteiger partial charge < -0.3 is 20.2 Å². The number of nitrogens with one attached hydrogen (secondary N) is 1. The molecule has 1 aliphatic heterocycles. The zero-order chi connectivity index (χ0) is 15.6. The van der Waals surface area contributed by atoms with Crippen molar-refractivity contribution in [1.82, 2.24) is 4.98 Å². The van der Waals surface area contributed by atoms with Crippen LogP contribution in [0.3, 0.4) is 0 Å². The maximum Gasteiger partial charge on any atom is 0.244 e. The molecule has 0 unspecified atom stereocenters. The maximum atomic E-state index is 12.4. The molecule has 0 radical (unpaired) electrons. The molecular weight excluding hydrogens is 282 g/mol. The smallest absolute Gasteiger partial charge is 0.244 e. The van der Waals surface area contributed by atoms with Crippen molar-refractivity contribution in [3.8, 4) is 11.5 Å². The number of oxazole rings is 1. The minimum absolute atomic E-state index is 0.184. The van der Waals surface area contributed by atoms with Crippen LogP contribution in [0.2, 0.25) is 0 Å². The average molecular weight is 301 g/mol. The molecular formula is C16H19N3O3.